The fourth-order valence-electron chi connectivity index (χ4n) is 8.32. The van der Waals surface area contributed by atoms with Crippen molar-refractivity contribution in [1.82, 2.24) is 48.8 Å². The number of fused-ring (bicyclic) bond motifs is 2. The topological polar surface area (TPSA) is 202 Å². The SMILES string of the molecule is Cc1nc(-c2cnc3n(c2=O)CCCN3CCCN=CC(=CN)c2cc(Oc3ccc(-c4cnc5n(c4=O)CCCN5C(C)C)nc3C)ccn2)ccc1Oc1ccnc(-c2cnn(C)c2)c1. The summed E-state index contributed by atoms with van der Waals surface area (Å²) in [5.74, 6) is 3.61. The summed E-state index contributed by atoms with van der Waals surface area (Å²) < 4.78 is 17.6. The van der Waals surface area contributed by atoms with Gasteiger partial charge in [0.2, 0.25) is 11.9 Å². The van der Waals surface area contributed by atoms with E-state index in [1.807, 2.05) is 45.3 Å². The lowest BCUT2D eigenvalue weighted by Gasteiger charge is -2.33. The number of aryl methyl sites for hydroxylation is 3. The van der Waals surface area contributed by atoms with Crippen molar-refractivity contribution in [1.29, 1.82) is 0 Å². The van der Waals surface area contributed by atoms with E-state index in [-0.39, 0.29) is 17.2 Å². The fraction of sp³-hybridized carbons (Fsp3) is 0.306. The molecule has 0 aliphatic carbocycles. The molecule has 7 aromatic rings. The molecule has 9 heterocycles. The summed E-state index contributed by atoms with van der Waals surface area (Å²) in [5, 5.41) is 4.23. The standard InChI is InChI=1S/C49H52N14O4/c1-31(2)61-20-8-22-63-47(65)39(29-55-49(61)63)41-10-12-44(32(3)58-41)66-36-13-16-52-42(23-36)34(25-50)26-51-15-6-18-60-19-7-21-62-46(64)38(28-54-48(60)62)40-9-11-45(33(4)57-40)67-37-14-17-53-43(24-37)35-27-56-59(5)30-35/h9-14,16-17,23-31H,6-8,15,18-22,50H2,1-5H3. The predicted molar refractivity (Wildman–Crippen MR) is 258 cm³/mol. The molecule has 0 atom stereocenters. The quantitative estimate of drug-likeness (QED) is 0.0903. The van der Waals surface area contributed by atoms with Crippen molar-refractivity contribution in [3.8, 4) is 56.8 Å². The normalized spacial score (nSPS) is 13.9. The number of nitrogens with zero attached hydrogens (tertiary/aromatic N) is 13. The van der Waals surface area contributed by atoms with Gasteiger partial charge in [0.1, 0.15) is 23.0 Å². The maximum absolute atomic E-state index is 13.9. The molecule has 18 heteroatoms. The molecule has 0 saturated carbocycles. The number of hydrogen-bond donors (Lipinski definition) is 1. The maximum Gasteiger partial charge on any atom is 0.264 e. The molecule has 18 nitrogen and oxygen atoms in total. The molecular weight excluding hydrogens is 849 g/mol. The van der Waals surface area contributed by atoms with Gasteiger partial charge in [-0.05, 0) is 83.4 Å². The third-order valence-corrected chi connectivity index (χ3v) is 11.8. The van der Waals surface area contributed by atoms with Crippen LogP contribution < -0.4 is 36.1 Å². The highest BCUT2D eigenvalue weighted by atomic mass is 16.5. The van der Waals surface area contributed by atoms with E-state index in [0.717, 1.165) is 43.6 Å². The van der Waals surface area contributed by atoms with Gasteiger partial charge < -0.3 is 25.0 Å². The van der Waals surface area contributed by atoms with Crippen LogP contribution in [0.3, 0.4) is 0 Å². The van der Waals surface area contributed by atoms with Gasteiger partial charge in [-0.15, -0.1) is 0 Å². The molecule has 2 aliphatic rings. The summed E-state index contributed by atoms with van der Waals surface area (Å²) in [6.07, 6.45) is 15.8. The first-order valence-electron chi connectivity index (χ1n) is 22.4. The molecule has 342 valence electrons. The zero-order chi connectivity index (χ0) is 46.6. The van der Waals surface area contributed by atoms with Gasteiger partial charge in [0.15, 0.2) is 0 Å². The molecule has 0 saturated heterocycles. The zero-order valence-corrected chi connectivity index (χ0v) is 38.2. The van der Waals surface area contributed by atoms with E-state index in [2.05, 4.69) is 48.7 Å². The summed E-state index contributed by atoms with van der Waals surface area (Å²) in [4.78, 5) is 64.2. The number of aromatic nitrogens is 10. The monoisotopic (exact) mass is 900 g/mol. The molecule has 0 aromatic carbocycles. The Kier molecular flexibility index (Phi) is 12.7. The first-order chi connectivity index (χ1) is 32.5. The van der Waals surface area contributed by atoms with Gasteiger partial charge in [-0.25, -0.2) is 19.9 Å². The van der Waals surface area contributed by atoms with E-state index in [1.165, 1.54) is 6.20 Å². The van der Waals surface area contributed by atoms with Crippen molar-refractivity contribution in [3.05, 3.63) is 130 Å². The summed E-state index contributed by atoms with van der Waals surface area (Å²) in [6.45, 7) is 11.9. The van der Waals surface area contributed by atoms with Crippen molar-refractivity contribution >= 4 is 23.7 Å². The third kappa shape index (κ3) is 9.41. The Labute approximate surface area is 387 Å². The third-order valence-electron chi connectivity index (χ3n) is 11.8. The van der Waals surface area contributed by atoms with Crippen molar-refractivity contribution in [3.63, 3.8) is 0 Å². The number of hydrogen-bond acceptors (Lipinski definition) is 15. The molecule has 0 unspecified atom stereocenters. The molecule has 0 bridgehead atoms. The Bertz CT molecular complexity index is 3140. The Hall–Kier alpha value is -8.02. The van der Waals surface area contributed by atoms with Gasteiger partial charge in [0, 0.05) is 119 Å². The minimum atomic E-state index is -0.137. The highest BCUT2D eigenvalue weighted by Crippen LogP contribution is 2.31. The maximum atomic E-state index is 13.9. The second kappa shape index (κ2) is 19.2. The van der Waals surface area contributed by atoms with Gasteiger partial charge >= 0.3 is 0 Å². The van der Waals surface area contributed by atoms with Gasteiger partial charge in [-0.2, -0.15) is 5.10 Å². The Morgan fingerprint density at radius 1 is 0.761 bits per heavy atom. The molecule has 9 rings (SSSR count). The largest absolute Gasteiger partial charge is 0.455 e. The molecular formula is C49H52N14O4. The first kappa shape index (κ1) is 44.2. The number of anilines is 2. The average Bonchev–Trinajstić information content (AvgIpc) is 3.78. The minimum Gasteiger partial charge on any atom is -0.455 e. The lowest BCUT2D eigenvalue weighted by Crippen LogP contribution is -2.42. The van der Waals surface area contributed by atoms with Crippen molar-refractivity contribution < 1.29 is 9.47 Å². The van der Waals surface area contributed by atoms with Crippen LogP contribution in [0.2, 0.25) is 0 Å². The van der Waals surface area contributed by atoms with E-state index in [4.69, 9.17) is 30.2 Å². The molecule has 2 aliphatic heterocycles. The van der Waals surface area contributed by atoms with Gasteiger partial charge in [-0.3, -0.25) is 38.4 Å². The van der Waals surface area contributed by atoms with Crippen LogP contribution in [0.4, 0.5) is 11.9 Å². The molecule has 0 amide bonds. The number of pyridine rings is 4. The van der Waals surface area contributed by atoms with Crippen molar-refractivity contribution in [2.45, 2.75) is 66.1 Å². The molecule has 7 aromatic heterocycles. The van der Waals surface area contributed by atoms with Crippen LogP contribution in [0.5, 0.6) is 23.0 Å². The molecule has 0 spiro atoms. The van der Waals surface area contributed by atoms with E-state index >= 15 is 0 Å². The molecule has 2 N–H and O–H groups in total. The van der Waals surface area contributed by atoms with Crippen LogP contribution in [0, 0.1) is 13.8 Å². The summed E-state index contributed by atoms with van der Waals surface area (Å²) in [5.41, 5.74) is 11.9. The Balaban J connectivity index is 0.805. The lowest BCUT2D eigenvalue weighted by atomic mass is 10.1. The van der Waals surface area contributed by atoms with Crippen molar-refractivity contribution in [2.24, 2.45) is 17.8 Å². The smallest absolute Gasteiger partial charge is 0.264 e. The van der Waals surface area contributed by atoms with E-state index in [9.17, 15) is 9.59 Å². The number of rotatable bonds is 14. The second-order valence-electron chi connectivity index (χ2n) is 16.8. The van der Waals surface area contributed by atoms with Gasteiger partial charge in [0.05, 0.1) is 51.5 Å². The number of allylic oxidation sites excluding steroid dienone is 1. The number of ether oxygens (including phenoxy) is 2. The van der Waals surface area contributed by atoms with Crippen LogP contribution in [-0.4, -0.2) is 87.3 Å². The van der Waals surface area contributed by atoms with E-state index < -0.39 is 0 Å². The van der Waals surface area contributed by atoms with Crippen LogP contribution >= 0.6 is 0 Å². The minimum absolute atomic E-state index is 0.101. The van der Waals surface area contributed by atoms with Crippen LogP contribution in [-0.2, 0) is 20.1 Å². The molecule has 67 heavy (non-hydrogen) atoms. The van der Waals surface area contributed by atoms with Crippen LogP contribution in [0.25, 0.3) is 39.3 Å². The Morgan fingerprint density at radius 3 is 2.01 bits per heavy atom. The fourth-order valence-corrected chi connectivity index (χ4v) is 8.32. The average molecular weight is 901 g/mol. The highest BCUT2D eigenvalue weighted by molar-refractivity contribution is 6.08. The van der Waals surface area contributed by atoms with Gasteiger partial charge in [0.25, 0.3) is 11.1 Å². The van der Waals surface area contributed by atoms with E-state index in [1.54, 1.807) is 81.3 Å². The van der Waals surface area contributed by atoms with Crippen molar-refractivity contribution in [2.75, 3.05) is 36.0 Å². The zero-order valence-electron chi connectivity index (χ0n) is 38.2. The van der Waals surface area contributed by atoms with Crippen LogP contribution in [0.1, 0.15) is 50.2 Å². The molecule has 0 radical (unpaired) electrons. The Morgan fingerprint density at radius 2 is 1.39 bits per heavy atom. The summed E-state index contributed by atoms with van der Waals surface area (Å²) >= 11 is 0. The van der Waals surface area contributed by atoms with Gasteiger partial charge in [-0.1, -0.05) is 0 Å². The van der Waals surface area contributed by atoms with Crippen LogP contribution in [0.15, 0.2) is 106 Å². The number of nitrogens with two attached hydrogens (primary N) is 1. The predicted octanol–water partition coefficient (Wildman–Crippen LogP) is 6.61. The lowest BCUT2D eigenvalue weighted by molar-refractivity contribution is 0.475. The van der Waals surface area contributed by atoms with E-state index in [0.29, 0.717) is 106 Å². The number of aliphatic imine (C=N–C) groups is 1. The summed E-state index contributed by atoms with van der Waals surface area (Å²) in [7, 11) is 1.86. The molecule has 0 fully saturated rings. The summed E-state index contributed by atoms with van der Waals surface area (Å²) in [6, 6.07) is 14.6. The second-order valence-corrected chi connectivity index (χ2v) is 16.8. The highest BCUT2D eigenvalue weighted by Gasteiger charge is 2.25. The first-order valence-corrected chi connectivity index (χ1v) is 22.4.